The standard InChI is InChI=1S/C19H34N4OS/c1-4-17-23-16(14-25-17)8-12-21-18(20-3)22-15-19(9-6-7-10-19)11-13-24-5-2/h14H,4-13,15H2,1-3H3,(H2,20,21,22). The summed E-state index contributed by atoms with van der Waals surface area (Å²) in [4.78, 5) is 8.99. The Hall–Kier alpha value is -1.14. The van der Waals surface area contributed by atoms with Crippen molar-refractivity contribution in [2.45, 2.75) is 58.8 Å². The Morgan fingerprint density at radius 3 is 2.76 bits per heavy atom. The van der Waals surface area contributed by atoms with Crippen LogP contribution in [-0.2, 0) is 17.6 Å². The summed E-state index contributed by atoms with van der Waals surface area (Å²) in [6.45, 7) is 7.74. The largest absolute Gasteiger partial charge is 0.382 e. The summed E-state index contributed by atoms with van der Waals surface area (Å²) in [7, 11) is 1.84. The van der Waals surface area contributed by atoms with Gasteiger partial charge in [-0.25, -0.2) is 4.98 Å². The van der Waals surface area contributed by atoms with Gasteiger partial charge in [-0.15, -0.1) is 11.3 Å². The van der Waals surface area contributed by atoms with Crippen LogP contribution < -0.4 is 10.6 Å². The van der Waals surface area contributed by atoms with Gasteiger partial charge in [0.15, 0.2) is 5.96 Å². The lowest BCUT2D eigenvalue weighted by Gasteiger charge is -2.30. The summed E-state index contributed by atoms with van der Waals surface area (Å²) in [5, 5.41) is 10.4. The molecule has 1 fully saturated rings. The molecule has 0 radical (unpaired) electrons. The number of aromatic nitrogens is 1. The Bertz CT molecular complexity index is 523. The lowest BCUT2D eigenvalue weighted by atomic mass is 9.83. The van der Waals surface area contributed by atoms with Crippen molar-refractivity contribution in [3.63, 3.8) is 0 Å². The Kier molecular flexibility index (Phi) is 8.68. The van der Waals surface area contributed by atoms with E-state index in [1.807, 2.05) is 7.05 Å². The van der Waals surface area contributed by atoms with Crippen molar-refractivity contribution < 1.29 is 4.74 Å². The second kappa shape index (κ2) is 10.8. The van der Waals surface area contributed by atoms with E-state index in [-0.39, 0.29) is 0 Å². The van der Waals surface area contributed by atoms with Gasteiger partial charge in [-0.2, -0.15) is 0 Å². The van der Waals surface area contributed by atoms with Crippen LogP contribution in [-0.4, -0.2) is 44.3 Å². The first kappa shape index (κ1) is 20.2. The zero-order chi connectivity index (χ0) is 18.0. The molecule has 0 aliphatic heterocycles. The number of guanidine groups is 1. The normalized spacial score (nSPS) is 17.0. The van der Waals surface area contributed by atoms with E-state index in [1.165, 1.54) is 36.4 Å². The molecule has 1 aromatic heterocycles. The van der Waals surface area contributed by atoms with Crippen molar-refractivity contribution in [3.05, 3.63) is 16.1 Å². The fourth-order valence-electron chi connectivity index (χ4n) is 3.50. The van der Waals surface area contributed by atoms with Crippen molar-refractivity contribution in [2.24, 2.45) is 10.4 Å². The number of thiazole rings is 1. The van der Waals surface area contributed by atoms with Crippen LogP contribution in [0.15, 0.2) is 10.4 Å². The lowest BCUT2D eigenvalue weighted by molar-refractivity contribution is 0.105. The first-order valence-corrected chi connectivity index (χ1v) is 10.5. The molecular formula is C19H34N4OS. The molecule has 0 unspecified atom stereocenters. The predicted octanol–water partition coefficient (Wildman–Crippen LogP) is 3.40. The molecular weight excluding hydrogens is 332 g/mol. The third kappa shape index (κ3) is 6.59. The SMILES string of the molecule is CCOCCC1(CNC(=NC)NCCc2csc(CC)n2)CCCC1. The van der Waals surface area contributed by atoms with E-state index >= 15 is 0 Å². The summed E-state index contributed by atoms with van der Waals surface area (Å²) in [5.74, 6) is 0.897. The minimum atomic E-state index is 0.373. The first-order valence-electron chi connectivity index (χ1n) is 9.67. The van der Waals surface area contributed by atoms with E-state index in [2.05, 4.69) is 39.8 Å². The molecule has 0 atom stereocenters. The van der Waals surface area contributed by atoms with Gasteiger partial charge in [0.2, 0.25) is 0 Å². The number of rotatable bonds is 10. The lowest BCUT2D eigenvalue weighted by Crippen LogP contribution is -2.44. The first-order chi connectivity index (χ1) is 12.2. The molecule has 0 bridgehead atoms. The smallest absolute Gasteiger partial charge is 0.191 e. The van der Waals surface area contributed by atoms with Gasteiger partial charge in [-0.05, 0) is 38.0 Å². The number of ether oxygens (including phenoxy) is 1. The zero-order valence-corrected chi connectivity index (χ0v) is 16.9. The highest BCUT2D eigenvalue weighted by Crippen LogP contribution is 2.40. The van der Waals surface area contributed by atoms with Crippen molar-refractivity contribution in [3.8, 4) is 0 Å². The van der Waals surface area contributed by atoms with Crippen LogP contribution in [0.5, 0.6) is 0 Å². The van der Waals surface area contributed by atoms with E-state index < -0.39 is 0 Å². The van der Waals surface area contributed by atoms with E-state index in [0.29, 0.717) is 5.41 Å². The monoisotopic (exact) mass is 366 g/mol. The Balaban J connectivity index is 1.74. The Morgan fingerprint density at radius 2 is 2.12 bits per heavy atom. The number of hydrogen-bond donors (Lipinski definition) is 2. The molecule has 0 amide bonds. The number of aliphatic imine (C=N–C) groups is 1. The molecule has 25 heavy (non-hydrogen) atoms. The van der Waals surface area contributed by atoms with E-state index in [9.17, 15) is 0 Å². The van der Waals surface area contributed by atoms with Gasteiger partial charge in [0.1, 0.15) is 0 Å². The van der Waals surface area contributed by atoms with Crippen molar-refractivity contribution in [2.75, 3.05) is 33.4 Å². The highest BCUT2D eigenvalue weighted by Gasteiger charge is 2.33. The summed E-state index contributed by atoms with van der Waals surface area (Å²) >= 11 is 1.75. The fraction of sp³-hybridized carbons (Fsp3) is 0.789. The second-order valence-electron chi connectivity index (χ2n) is 6.84. The highest BCUT2D eigenvalue weighted by molar-refractivity contribution is 7.09. The maximum atomic E-state index is 5.60. The fourth-order valence-corrected chi connectivity index (χ4v) is 4.28. The van der Waals surface area contributed by atoms with E-state index in [1.54, 1.807) is 11.3 Å². The maximum Gasteiger partial charge on any atom is 0.191 e. The molecule has 1 heterocycles. The minimum absolute atomic E-state index is 0.373. The molecule has 0 spiro atoms. The average Bonchev–Trinajstić information content (AvgIpc) is 3.28. The van der Waals surface area contributed by atoms with Crippen molar-refractivity contribution in [1.29, 1.82) is 0 Å². The maximum absolute atomic E-state index is 5.60. The molecule has 1 aliphatic rings. The molecule has 1 aliphatic carbocycles. The van der Waals surface area contributed by atoms with Crippen LogP contribution in [0.2, 0.25) is 0 Å². The summed E-state index contributed by atoms with van der Waals surface area (Å²) in [5.41, 5.74) is 1.55. The summed E-state index contributed by atoms with van der Waals surface area (Å²) in [6.07, 6.45) is 8.36. The van der Waals surface area contributed by atoms with Gasteiger partial charge in [-0.3, -0.25) is 4.99 Å². The molecule has 2 rings (SSSR count). The van der Waals surface area contributed by atoms with Crippen LogP contribution in [0, 0.1) is 5.41 Å². The highest BCUT2D eigenvalue weighted by atomic mass is 32.1. The van der Waals surface area contributed by atoms with Crippen LogP contribution in [0.25, 0.3) is 0 Å². The minimum Gasteiger partial charge on any atom is -0.382 e. The number of hydrogen-bond acceptors (Lipinski definition) is 4. The van der Waals surface area contributed by atoms with Crippen molar-refractivity contribution >= 4 is 17.3 Å². The van der Waals surface area contributed by atoms with Gasteiger partial charge < -0.3 is 15.4 Å². The molecule has 142 valence electrons. The molecule has 1 aromatic rings. The van der Waals surface area contributed by atoms with Gasteiger partial charge in [-0.1, -0.05) is 19.8 Å². The molecule has 0 saturated heterocycles. The van der Waals surface area contributed by atoms with E-state index in [4.69, 9.17) is 4.74 Å². The van der Waals surface area contributed by atoms with Crippen LogP contribution >= 0.6 is 11.3 Å². The summed E-state index contributed by atoms with van der Waals surface area (Å²) < 4.78 is 5.60. The van der Waals surface area contributed by atoms with Crippen LogP contribution in [0.3, 0.4) is 0 Å². The van der Waals surface area contributed by atoms with Gasteiger partial charge >= 0.3 is 0 Å². The van der Waals surface area contributed by atoms with Gasteiger partial charge in [0.25, 0.3) is 0 Å². The van der Waals surface area contributed by atoms with Crippen molar-refractivity contribution in [1.82, 2.24) is 15.6 Å². The molecule has 5 nitrogen and oxygen atoms in total. The predicted molar refractivity (Wildman–Crippen MR) is 107 cm³/mol. The van der Waals surface area contributed by atoms with E-state index in [0.717, 1.165) is 51.5 Å². The second-order valence-corrected chi connectivity index (χ2v) is 7.79. The average molecular weight is 367 g/mol. The molecule has 6 heteroatoms. The number of nitrogens with zero attached hydrogens (tertiary/aromatic N) is 2. The van der Waals surface area contributed by atoms with Crippen LogP contribution in [0.1, 0.15) is 56.7 Å². The molecule has 0 aromatic carbocycles. The summed E-state index contributed by atoms with van der Waals surface area (Å²) in [6, 6.07) is 0. The molecule has 2 N–H and O–H groups in total. The van der Waals surface area contributed by atoms with Gasteiger partial charge in [0, 0.05) is 45.2 Å². The van der Waals surface area contributed by atoms with Gasteiger partial charge in [0.05, 0.1) is 10.7 Å². The van der Waals surface area contributed by atoms with Crippen LogP contribution in [0.4, 0.5) is 0 Å². The Morgan fingerprint density at radius 1 is 1.32 bits per heavy atom. The third-order valence-electron chi connectivity index (χ3n) is 5.07. The molecule has 1 saturated carbocycles. The topological polar surface area (TPSA) is 58.5 Å². The number of aryl methyl sites for hydroxylation is 1. The number of nitrogens with one attached hydrogen (secondary N) is 2. The third-order valence-corrected chi connectivity index (χ3v) is 6.12. The zero-order valence-electron chi connectivity index (χ0n) is 16.1. The quantitative estimate of drug-likeness (QED) is 0.378. The Labute approximate surface area is 156 Å².